The summed E-state index contributed by atoms with van der Waals surface area (Å²) in [6, 6.07) is 21.1. The lowest BCUT2D eigenvalue weighted by Gasteiger charge is -2.18. The van der Waals surface area contributed by atoms with Crippen LogP contribution in [0.2, 0.25) is 5.02 Å². The van der Waals surface area contributed by atoms with Gasteiger partial charge in [-0.05, 0) is 63.9 Å². The molecule has 0 bridgehead atoms. The molecule has 0 aliphatic heterocycles. The van der Waals surface area contributed by atoms with Crippen LogP contribution >= 0.6 is 11.6 Å². The van der Waals surface area contributed by atoms with E-state index in [0.717, 1.165) is 21.7 Å². The molecule has 138 valence electrons. The molecule has 0 atom stereocenters. The molecule has 0 aliphatic carbocycles. The maximum absolute atomic E-state index is 6.49. The van der Waals surface area contributed by atoms with Crippen molar-refractivity contribution in [3.05, 3.63) is 92.8 Å². The van der Waals surface area contributed by atoms with E-state index < -0.39 is 0 Å². The van der Waals surface area contributed by atoms with E-state index in [1.165, 1.54) is 22.4 Å². The van der Waals surface area contributed by atoms with Crippen LogP contribution in [0.5, 0.6) is 0 Å². The minimum absolute atomic E-state index is 0.712. The van der Waals surface area contributed by atoms with Crippen LogP contribution in [0.4, 0.5) is 11.4 Å². The SMILES string of the molecule is C=c1ccc(=C(c2ccc(NC)c(Cl)c2)c2ccc(N(C)C)cc2C)cc1. The lowest BCUT2D eigenvalue weighted by Crippen LogP contribution is -2.13. The van der Waals surface area contributed by atoms with Crippen molar-refractivity contribution in [3.8, 4) is 0 Å². The molecule has 2 nitrogen and oxygen atoms in total. The highest BCUT2D eigenvalue weighted by atomic mass is 35.5. The number of benzene rings is 3. The van der Waals surface area contributed by atoms with Gasteiger partial charge in [0.25, 0.3) is 0 Å². The van der Waals surface area contributed by atoms with Crippen LogP contribution in [0.1, 0.15) is 16.7 Å². The highest BCUT2D eigenvalue weighted by Gasteiger charge is 2.12. The molecular formula is C24H25ClN2. The molecule has 0 aromatic heterocycles. The van der Waals surface area contributed by atoms with Gasteiger partial charge in [0.15, 0.2) is 0 Å². The van der Waals surface area contributed by atoms with Gasteiger partial charge in [-0.25, -0.2) is 0 Å². The minimum Gasteiger partial charge on any atom is -0.387 e. The van der Waals surface area contributed by atoms with Gasteiger partial charge >= 0.3 is 0 Å². The highest BCUT2D eigenvalue weighted by Crippen LogP contribution is 2.31. The number of nitrogens with zero attached hydrogens (tertiary/aromatic N) is 1. The quantitative estimate of drug-likeness (QED) is 0.725. The number of halogens is 1. The Hall–Kier alpha value is -2.71. The Morgan fingerprint density at radius 2 is 1.67 bits per heavy atom. The highest BCUT2D eigenvalue weighted by molar-refractivity contribution is 6.33. The molecule has 0 saturated carbocycles. The van der Waals surface area contributed by atoms with E-state index in [9.17, 15) is 0 Å². The molecule has 0 saturated heterocycles. The fourth-order valence-corrected chi connectivity index (χ4v) is 3.50. The molecule has 0 fully saturated rings. The maximum atomic E-state index is 6.49. The summed E-state index contributed by atoms with van der Waals surface area (Å²) in [7, 11) is 5.99. The maximum Gasteiger partial charge on any atom is 0.0643 e. The summed E-state index contributed by atoms with van der Waals surface area (Å²) in [5.41, 5.74) is 6.80. The second-order valence-corrected chi connectivity index (χ2v) is 7.32. The third kappa shape index (κ3) is 4.01. The largest absolute Gasteiger partial charge is 0.387 e. The van der Waals surface area contributed by atoms with Crippen molar-refractivity contribution in [3.63, 3.8) is 0 Å². The Kier molecular flexibility index (Phi) is 5.57. The fourth-order valence-electron chi connectivity index (χ4n) is 3.23. The first-order valence-electron chi connectivity index (χ1n) is 8.96. The summed E-state index contributed by atoms with van der Waals surface area (Å²) in [6.45, 7) is 6.16. The number of rotatable bonds is 4. The molecule has 3 heteroatoms. The first-order chi connectivity index (χ1) is 12.9. The Morgan fingerprint density at radius 1 is 0.963 bits per heavy atom. The zero-order valence-electron chi connectivity index (χ0n) is 16.3. The molecule has 0 radical (unpaired) electrons. The van der Waals surface area contributed by atoms with Crippen LogP contribution in [0.25, 0.3) is 12.2 Å². The van der Waals surface area contributed by atoms with Gasteiger partial charge in [-0.3, -0.25) is 0 Å². The molecule has 0 aliphatic rings. The van der Waals surface area contributed by atoms with Crippen molar-refractivity contribution < 1.29 is 0 Å². The van der Waals surface area contributed by atoms with Crippen LogP contribution in [0, 0.1) is 6.92 Å². The van der Waals surface area contributed by atoms with Crippen LogP contribution in [-0.4, -0.2) is 21.1 Å². The molecule has 0 spiro atoms. The number of hydrogen-bond donors (Lipinski definition) is 1. The lowest BCUT2D eigenvalue weighted by molar-refractivity contribution is 1.13. The molecule has 3 aromatic rings. The summed E-state index contributed by atoms with van der Waals surface area (Å²) in [4.78, 5) is 2.12. The first-order valence-corrected chi connectivity index (χ1v) is 9.34. The van der Waals surface area contributed by atoms with Crippen molar-refractivity contribution >= 4 is 35.1 Å². The summed E-state index contributed by atoms with van der Waals surface area (Å²) >= 11 is 6.49. The van der Waals surface area contributed by atoms with Gasteiger partial charge in [0.1, 0.15) is 0 Å². The second-order valence-electron chi connectivity index (χ2n) is 6.91. The Labute approximate surface area is 166 Å². The van der Waals surface area contributed by atoms with Gasteiger partial charge in [-0.15, -0.1) is 0 Å². The predicted molar refractivity (Wildman–Crippen MR) is 119 cm³/mol. The monoisotopic (exact) mass is 376 g/mol. The fraction of sp³-hybridized carbons (Fsp3) is 0.167. The Balaban J connectivity index is 2.30. The van der Waals surface area contributed by atoms with Crippen molar-refractivity contribution in [2.75, 3.05) is 31.4 Å². The van der Waals surface area contributed by atoms with E-state index in [0.29, 0.717) is 5.02 Å². The van der Waals surface area contributed by atoms with Gasteiger partial charge in [0.2, 0.25) is 0 Å². The molecule has 0 heterocycles. The van der Waals surface area contributed by atoms with Crippen LogP contribution in [0.15, 0.2) is 60.7 Å². The standard InChI is InChI=1S/C24H25ClN2/c1-16-6-8-18(9-7-16)24(19-10-13-23(26-3)22(25)15-19)21-12-11-20(27(4)5)14-17(21)2/h6-15,26H,1H2,2-5H3. The van der Waals surface area contributed by atoms with E-state index >= 15 is 0 Å². The van der Waals surface area contributed by atoms with E-state index in [2.05, 4.69) is 74.2 Å². The number of nitrogens with one attached hydrogen (secondary N) is 1. The van der Waals surface area contributed by atoms with Crippen LogP contribution in [-0.2, 0) is 0 Å². The van der Waals surface area contributed by atoms with Crippen molar-refractivity contribution in [1.82, 2.24) is 0 Å². The van der Waals surface area contributed by atoms with Crippen molar-refractivity contribution in [1.29, 1.82) is 0 Å². The lowest BCUT2D eigenvalue weighted by atomic mass is 9.91. The Morgan fingerprint density at radius 3 is 2.22 bits per heavy atom. The third-order valence-corrected chi connectivity index (χ3v) is 5.08. The molecule has 1 N–H and O–H groups in total. The predicted octanol–water partition coefficient (Wildman–Crippen LogP) is 4.41. The zero-order chi connectivity index (χ0) is 19.6. The van der Waals surface area contributed by atoms with E-state index in [-0.39, 0.29) is 0 Å². The smallest absolute Gasteiger partial charge is 0.0643 e. The normalized spacial score (nSPS) is 10.6. The van der Waals surface area contributed by atoms with Gasteiger partial charge in [-0.2, -0.15) is 0 Å². The topological polar surface area (TPSA) is 15.3 Å². The summed E-state index contributed by atoms with van der Waals surface area (Å²) in [6.07, 6.45) is 0. The third-order valence-electron chi connectivity index (χ3n) is 4.77. The zero-order valence-corrected chi connectivity index (χ0v) is 17.1. The van der Waals surface area contributed by atoms with Crippen LogP contribution < -0.4 is 20.7 Å². The number of aryl methyl sites for hydroxylation is 1. The minimum atomic E-state index is 0.712. The Bertz CT molecular complexity index is 1060. The molecule has 3 aromatic carbocycles. The molecule has 27 heavy (non-hydrogen) atoms. The van der Waals surface area contributed by atoms with Gasteiger partial charge in [0, 0.05) is 26.8 Å². The summed E-state index contributed by atoms with van der Waals surface area (Å²) in [5, 5.41) is 5.99. The summed E-state index contributed by atoms with van der Waals surface area (Å²) < 4.78 is 0. The van der Waals surface area contributed by atoms with Crippen LogP contribution in [0.3, 0.4) is 0 Å². The molecular weight excluding hydrogens is 352 g/mol. The first kappa shape index (κ1) is 19.1. The van der Waals surface area contributed by atoms with Gasteiger partial charge in [0.05, 0.1) is 10.7 Å². The average molecular weight is 377 g/mol. The molecule has 0 amide bonds. The average Bonchev–Trinajstić information content (AvgIpc) is 2.64. The second kappa shape index (κ2) is 7.89. The molecule has 0 unspecified atom stereocenters. The van der Waals surface area contributed by atoms with E-state index in [1.807, 2.05) is 31.3 Å². The number of anilines is 2. The van der Waals surface area contributed by atoms with E-state index in [4.69, 9.17) is 11.6 Å². The van der Waals surface area contributed by atoms with E-state index in [1.54, 1.807) is 0 Å². The van der Waals surface area contributed by atoms with Crippen molar-refractivity contribution in [2.45, 2.75) is 6.92 Å². The van der Waals surface area contributed by atoms with Gasteiger partial charge in [-0.1, -0.05) is 54.6 Å². The number of hydrogen-bond acceptors (Lipinski definition) is 2. The van der Waals surface area contributed by atoms with Crippen molar-refractivity contribution in [2.24, 2.45) is 0 Å². The summed E-state index contributed by atoms with van der Waals surface area (Å²) in [5.74, 6) is 0. The molecule has 3 rings (SSSR count). The van der Waals surface area contributed by atoms with Gasteiger partial charge < -0.3 is 10.2 Å².